The van der Waals surface area contributed by atoms with Crippen LogP contribution >= 0.6 is 0 Å². The van der Waals surface area contributed by atoms with Gasteiger partial charge >= 0.3 is 0 Å². The van der Waals surface area contributed by atoms with Gasteiger partial charge in [0, 0.05) is 51.3 Å². The summed E-state index contributed by atoms with van der Waals surface area (Å²) in [4.78, 5) is 30.3. The highest BCUT2D eigenvalue weighted by atomic mass is 32.2. The van der Waals surface area contributed by atoms with Gasteiger partial charge in [-0.1, -0.05) is 25.1 Å². The Kier molecular flexibility index (Phi) is 10.4. The molecule has 0 bridgehead atoms. The summed E-state index contributed by atoms with van der Waals surface area (Å²) in [5.41, 5.74) is 0.694. The van der Waals surface area contributed by atoms with Crippen LogP contribution in [0.5, 0.6) is 5.75 Å². The van der Waals surface area contributed by atoms with Crippen LogP contribution in [-0.4, -0.2) is 111 Å². The van der Waals surface area contributed by atoms with E-state index in [1.165, 1.54) is 11.4 Å². The fraction of sp³-hybridized carbons (Fsp3) is 0.517. The number of sulfonamides is 1. The lowest BCUT2D eigenvalue weighted by Crippen LogP contribution is -2.50. The number of morpholine rings is 1. The number of rotatable bonds is 10. The minimum absolute atomic E-state index is 0.0490. The fourth-order valence-corrected chi connectivity index (χ4v) is 6.15. The predicted octanol–water partition coefficient (Wildman–Crippen LogP) is 1.89. The van der Waals surface area contributed by atoms with Gasteiger partial charge in [0.2, 0.25) is 15.9 Å². The van der Waals surface area contributed by atoms with Crippen molar-refractivity contribution in [3.8, 4) is 5.75 Å². The number of amides is 2. The Bertz CT molecular complexity index is 1300. The molecule has 2 aromatic carbocycles. The van der Waals surface area contributed by atoms with E-state index in [1.807, 2.05) is 6.92 Å². The third-order valence-corrected chi connectivity index (χ3v) is 9.43. The summed E-state index contributed by atoms with van der Waals surface area (Å²) in [6.07, 6.45) is -0.288. The number of likely N-dealkylation sites (N-methyl/N-ethyl adjacent to an activating group) is 1. The van der Waals surface area contributed by atoms with E-state index < -0.39 is 22.2 Å². The Morgan fingerprint density at radius 2 is 1.88 bits per heavy atom. The smallest absolute Gasteiger partial charge is 0.258 e. The number of benzene rings is 2. The quantitative estimate of drug-likeness (QED) is 0.431. The second kappa shape index (κ2) is 13.8. The molecule has 41 heavy (non-hydrogen) atoms. The monoisotopic (exact) mass is 588 g/mol. The number of nitrogens with zero attached hydrogens (tertiary/aromatic N) is 3. The van der Waals surface area contributed by atoms with Crippen LogP contribution in [0.25, 0.3) is 0 Å². The molecule has 3 atom stereocenters. The van der Waals surface area contributed by atoms with Gasteiger partial charge in [-0.2, -0.15) is 4.31 Å². The number of aliphatic hydroxyl groups excluding tert-OH is 1. The van der Waals surface area contributed by atoms with Crippen molar-refractivity contribution in [2.24, 2.45) is 5.92 Å². The maximum absolute atomic E-state index is 13.7. The SMILES string of the molecule is C[C@H]1CN([C@@H](C)CO)C(=O)c2cc(NC(=O)CCN3CCOCC3)ccc2O[C@@H]1CN(C)S(=O)(=O)c1ccccc1. The highest BCUT2D eigenvalue weighted by Gasteiger charge is 2.35. The number of nitrogens with one attached hydrogen (secondary N) is 1. The van der Waals surface area contributed by atoms with Gasteiger partial charge in [0.1, 0.15) is 11.9 Å². The molecule has 11 nitrogen and oxygen atoms in total. The van der Waals surface area contributed by atoms with Crippen LogP contribution < -0.4 is 10.1 Å². The topological polar surface area (TPSA) is 129 Å². The molecule has 1 fully saturated rings. The van der Waals surface area contributed by atoms with Crippen LogP contribution in [0.15, 0.2) is 53.4 Å². The zero-order valence-corrected chi connectivity index (χ0v) is 24.7. The number of carbonyl (C=O) groups excluding carboxylic acids is 2. The lowest BCUT2D eigenvalue weighted by Gasteiger charge is -2.38. The molecule has 0 unspecified atom stereocenters. The second-order valence-corrected chi connectivity index (χ2v) is 12.7. The first-order valence-electron chi connectivity index (χ1n) is 13.9. The highest BCUT2D eigenvalue weighted by Crippen LogP contribution is 2.31. The summed E-state index contributed by atoms with van der Waals surface area (Å²) < 4.78 is 39.3. The Morgan fingerprint density at radius 3 is 2.56 bits per heavy atom. The molecule has 0 spiro atoms. The van der Waals surface area contributed by atoms with Crippen LogP contribution in [0.4, 0.5) is 5.69 Å². The van der Waals surface area contributed by atoms with E-state index in [4.69, 9.17) is 9.47 Å². The minimum Gasteiger partial charge on any atom is -0.488 e. The van der Waals surface area contributed by atoms with Crippen molar-refractivity contribution in [1.82, 2.24) is 14.1 Å². The largest absolute Gasteiger partial charge is 0.488 e. The zero-order chi connectivity index (χ0) is 29.6. The molecule has 0 aliphatic carbocycles. The molecular weight excluding hydrogens is 548 g/mol. The Hall–Kier alpha value is -3.03. The lowest BCUT2D eigenvalue weighted by molar-refractivity contribution is -0.116. The highest BCUT2D eigenvalue weighted by molar-refractivity contribution is 7.89. The number of carbonyl (C=O) groups is 2. The number of aliphatic hydroxyl groups is 1. The number of hydrogen-bond donors (Lipinski definition) is 2. The van der Waals surface area contributed by atoms with Crippen LogP contribution in [-0.2, 0) is 19.6 Å². The molecule has 2 aromatic rings. The van der Waals surface area contributed by atoms with E-state index in [9.17, 15) is 23.1 Å². The summed E-state index contributed by atoms with van der Waals surface area (Å²) >= 11 is 0. The first-order valence-corrected chi connectivity index (χ1v) is 15.4. The average molecular weight is 589 g/mol. The maximum Gasteiger partial charge on any atom is 0.258 e. The standard InChI is InChI=1S/C29H40N4O7S/c1-21-18-33(22(2)20-34)29(36)25-17-23(30-28(35)11-12-32-13-15-39-16-14-32)9-10-26(25)40-27(21)19-31(3)41(37,38)24-7-5-4-6-8-24/h4-10,17,21-22,27,34H,11-16,18-20H2,1-3H3,(H,30,35)/t21-,22-,27+/m0/s1. The predicted molar refractivity (Wildman–Crippen MR) is 154 cm³/mol. The van der Waals surface area contributed by atoms with Crippen LogP contribution in [0.2, 0.25) is 0 Å². The molecule has 2 aliphatic rings. The van der Waals surface area contributed by atoms with E-state index in [-0.39, 0.29) is 47.9 Å². The summed E-state index contributed by atoms with van der Waals surface area (Å²) in [5.74, 6) is -0.468. The van der Waals surface area contributed by atoms with Gasteiger partial charge in [0.05, 0.1) is 42.9 Å². The molecule has 4 rings (SSSR count). The van der Waals surface area contributed by atoms with E-state index in [0.717, 1.165) is 13.1 Å². The van der Waals surface area contributed by atoms with Gasteiger partial charge in [-0.05, 0) is 37.3 Å². The molecular formula is C29H40N4O7S. The summed E-state index contributed by atoms with van der Waals surface area (Å²) in [5, 5.41) is 12.8. The summed E-state index contributed by atoms with van der Waals surface area (Å²) in [7, 11) is -2.26. The van der Waals surface area contributed by atoms with Crippen LogP contribution in [0.1, 0.15) is 30.6 Å². The zero-order valence-electron chi connectivity index (χ0n) is 23.9. The molecule has 12 heteroatoms. The number of hydrogen-bond acceptors (Lipinski definition) is 8. The summed E-state index contributed by atoms with van der Waals surface area (Å²) in [6, 6.07) is 12.6. The molecule has 2 N–H and O–H groups in total. The number of anilines is 1. The van der Waals surface area contributed by atoms with Crippen molar-refractivity contribution < 1.29 is 32.6 Å². The maximum atomic E-state index is 13.7. The number of ether oxygens (including phenoxy) is 2. The average Bonchev–Trinajstić information content (AvgIpc) is 2.98. The molecule has 1 saturated heterocycles. The Balaban J connectivity index is 1.55. The van der Waals surface area contributed by atoms with Crippen molar-refractivity contribution in [2.45, 2.75) is 37.3 Å². The van der Waals surface area contributed by atoms with Crippen molar-refractivity contribution in [2.75, 3.05) is 64.9 Å². The lowest BCUT2D eigenvalue weighted by atomic mass is 9.99. The van der Waals surface area contributed by atoms with Gasteiger partial charge in [-0.25, -0.2) is 8.42 Å². The molecule has 2 aliphatic heterocycles. The van der Waals surface area contributed by atoms with Gasteiger partial charge in [-0.15, -0.1) is 0 Å². The molecule has 0 saturated carbocycles. The van der Waals surface area contributed by atoms with Gasteiger partial charge in [0.15, 0.2) is 0 Å². The number of fused-ring (bicyclic) bond motifs is 1. The summed E-state index contributed by atoms with van der Waals surface area (Å²) in [6.45, 7) is 7.22. The molecule has 2 heterocycles. The third-order valence-electron chi connectivity index (χ3n) is 7.60. The van der Waals surface area contributed by atoms with Gasteiger partial charge in [-0.3, -0.25) is 14.5 Å². The Morgan fingerprint density at radius 1 is 1.17 bits per heavy atom. The normalized spacial score (nSPS) is 21.0. The van der Waals surface area contributed by atoms with E-state index >= 15 is 0 Å². The molecule has 224 valence electrons. The van der Waals surface area contributed by atoms with Crippen molar-refractivity contribution in [3.05, 3.63) is 54.1 Å². The van der Waals surface area contributed by atoms with E-state index in [1.54, 1.807) is 60.4 Å². The molecule has 2 amide bonds. The first kappa shape index (κ1) is 30.9. The molecule has 0 aromatic heterocycles. The second-order valence-electron chi connectivity index (χ2n) is 10.7. The first-order chi connectivity index (χ1) is 19.6. The Labute approximate surface area is 242 Å². The third kappa shape index (κ3) is 7.63. The fourth-order valence-electron chi connectivity index (χ4n) is 4.95. The van der Waals surface area contributed by atoms with Crippen molar-refractivity contribution in [3.63, 3.8) is 0 Å². The molecule has 0 radical (unpaired) electrons. The van der Waals surface area contributed by atoms with Crippen molar-refractivity contribution in [1.29, 1.82) is 0 Å². The van der Waals surface area contributed by atoms with Crippen LogP contribution in [0.3, 0.4) is 0 Å². The minimum atomic E-state index is -3.76. The van der Waals surface area contributed by atoms with Crippen LogP contribution in [0, 0.1) is 5.92 Å². The van der Waals surface area contributed by atoms with Crippen molar-refractivity contribution >= 4 is 27.5 Å². The van der Waals surface area contributed by atoms with E-state index in [0.29, 0.717) is 37.6 Å². The van der Waals surface area contributed by atoms with E-state index in [2.05, 4.69) is 10.2 Å². The van der Waals surface area contributed by atoms with Gasteiger partial charge in [0.25, 0.3) is 5.91 Å². The van der Waals surface area contributed by atoms with Gasteiger partial charge < -0.3 is 24.8 Å².